The van der Waals surface area contributed by atoms with Gasteiger partial charge in [0.05, 0.1) is 11.9 Å². The van der Waals surface area contributed by atoms with Crippen molar-refractivity contribution in [3.05, 3.63) is 52.9 Å². The number of anilines is 1. The molecule has 0 bridgehead atoms. The lowest BCUT2D eigenvalue weighted by Gasteiger charge is -2.11. The van der Waals surface area contributed by atoms with Gasteiger partial charge >= 0.3 is 0 Å². The first-order chi connectivity index (χ1) is 12.3. The van der Waals surface area contributed by atoms with Crippen molar-refractivity contribution in [2.45, 2.75) is 11.8 Å². The van der Waals surface area contributed by atoms with Gasteiger partial charge in [0.25, 0.3) is 10.0 Å². The van der Waals surface area contributed by atoms with Crippen molar-refractivity contribution in [3.63, 3.8) is 0 Å². The van der Waals surface area contributed by atoms with E-state index < -0.39 is 10.0 Å². The molecule has 0 aliphatic heterocycles. The van der Waals surface area contributed by atoms with Crippen molar-refractivity contribution in [1.29, 1.82) is 5.26 Å². The second-order valence-corrected chi connectivity index (χ2v) is 7.48. The molecule has 0 saturated carbocycles. The van der Waals surface area contributed by atoms with E-state index in [9.17, 15) is 13.7 Å². The van der Waals surface area contributed by atoms with Crippen LogP contribution >= 0.6 is 11.6 Å². The minimum Gasteiger partial charge on any atom is -0.274 e. The van der Waals surface area contributed by atoms with E-state index in [1.54, 1.807) is 19.2 Å². The molecule has 0 saturated heterocycles. The Balaban J connectivity index is 2.11. The summed E-state index contributed by atoms with van der Waals surface area (Å²) in [6.07, 6.45) is 2.55. The van der Waals surface area contributed by atoms with Crippen LogP contribution in [0.15, 0.2) is 41.6 Å². The largest absolute Gasteiger partial charge is 0.274 e. The highest BCUT2D eigenvalue weighted by molar-refractivity contribution is 7.92. The highest BCUT2D eigenvalue weighted by atomic mass is 35.5. The number of nitrogens with one attached hydrogen (secondary N) is 1. The number of halogens is 1. The van der Waals surface area contributed by atoms with Crippen LogP contribution in [-0.4, -0.2) is 28.2 Å². The molecule has 1 aromatic carbocycles. The summed E-state index contributed by atoms with van der Waals surface area (Å²) in [7, 11) is -2.34. The number of hydrogen-bond acceptors (Lipinski definition) is 6. The maximum atomic E-state index is 12.4. The number of nitrogens with zero attached hydrogens (tertiary/aromatic N) is 5. The normalized spacial score (nSPS) is 11.2. The Labute approximate surface area is 155 Å². The summed E-state index contributed by atoms with van der Waals surface area (Å²) >= 11 is 6.09. The van der Waals surface area contributed by atoms with Gasteiger partial charge in [0.2, 0.25) is 5.95 Å². The van der Waals surface area contributed by atoms with Gasteiger partial charge in [0, 0.05) is 18.8 Å². The van der Waals surface area contributed by atoms with Gasteiger partial charge in [-0.25, -0.2) is 18.1 Å². The standard InChI is InChI=1S/C16H13ClN6O2S/c1-10-5-3-4-6-12(10)14-13(7-18)15(17)21-16(20-14)22-26(24,25)11-8-19-23(2)9-11/h3-6,8-9H,1-2H3,(H,20,21,22). The summed E-state index contributed by atoms with van der Waals surface area (Å²) in [5, 5.41) is 13.1. The molecule has 0 aliphatic rings. The Morgan fingerprint density at radius 2 is 2.00 bits per heavy atom. The Kier molecular flexibility index (Phi) is 4.63. The molecule has 1 N–H and O–H groups in total. The molecule has 0 unspecified atom stereocenters. The molecule has 0 atom stereocenters. The molecule has 0 amide bonds. The Hall–Kier alpha value is -2.96. The molecule has 3 aromatic rings. The Morgan fingerprint density at radius 3 is 2.62 bits per heavy atom. The molecule has 2 aromatic heterocycles. The van der Waals surface area contributed by atoms with E-state index >= 15 is 0 Å². The summed E-state index contributed by atoms with van der Waals surface area (Å²) in [4.78, 5) is 8.07. The predicted molar refractivity (Wildman–Crippen MR) is 95.9 cm³/mol. The molecule has 0 radical (unpaired) electrons. The summed E-state index contributed by atoms with van der Waals surface area (Å²) in [5.74, 6) is -0.226. The van der Waals surface area contributed by atoms with Crippen LogP contribution in [-0.2, 0) is 17.1 Å². The van der Waals surface area contributed by atoms with Crippen LogP contribution in [0.25, 0.3) is 11.3 Å². The number of hydrogen-bond donors (Lipinski definition) is 1. The van der Waals surface area contributed by atoms with E-state index in [-0.39, 0.29) is 27.3 Å². The van der Waals surface area contributed by atoms with Crippen LogP contribution in [0.4, 0.5) is 5.95 Å². The first kappa shape index (κ1) is 17.8. The molecule has 0 fully saturated rings. The van der Waals surface area contributed by atoms with Gasteiger partial charge in [-0.2, -0.15) is 15.3 Å². The third-order valence-electron chi connectivity index (χ3n) is 3.59. The SMILES string of the molecule is Cc1ccccc1-c1nc(NS(=O)(=O)c2cnn(C)c2)nc(Cl)c1C#N. The summed E-state index contributed by atoms with van der Waals surface area (Å²) in [5.41, 5.74) is 1.86. The Morgan fingerprint density at radius 1 is 1.27 bits per heavy atom. The van der Waals surface area contributed by atoms with Crippen molar-refractivity contribution in [1.82, 2.24) is 19.7 Å². The number of aryl methyl sites for hydroxylation is 2. The van der Waals surface area contributed by atoms with E-state index in [4.69, 9.17) is 11.6 Å². The first-order valence-electron chi connectivity index (χ1n) is 7.37. The van der Waals surface area contributed by atoms with E-state index in [2.05, 4.69) is 19.8 Å². The van der Waals surface area contributed by atoms with Crippen LogP contribution in [0.5, 0.6) is 0 Å². The molecule has 0 aliphatic carbocycles. The summed E-state index contributed by atoms with van der Waals surface area (Å²) in [6.45, 7) is 1.85. The fraction of sp³-hybridized carbons (Fsp3) is 0.125. The zero-order valence-corrected chi connectivity index (χ0v) is 15.4. The average molecular weight is 389 g/mol. The highest BCUT2D eigenvalue weighted by Gasteiger charge is 2.21. The van der Waals surface area contributed by atoms with Gasteiger partial charge in [-0.1, -0.05) is 35.9 Å². The molecular weight excluding hydrogens is 376 g/mol. The molecule has 8 nitrogen and oxygen atoms in total. The number of sulfonamides is 1. The van der Waals surface area contributed by atoms with Gasteiger partial charge < -0.3 is 0 Å². The van der Waals surface area contributed by atoms with Crippen LogP contribution in [0.1, 0.15) is 11.1 Å². The third-order valence-corrected chi connectivity index (χ3v) is 5.15. The minimum atomic E-state index is -3.94. The van der Waals surface area contributed by atoms with E-state index in [1.165, 1.54) is 17.1 Å². The maximum Gasteiger partial charge on any atom is 0.267 e. The number of rotatable bonds is 4. The average Bonchev–Trinajstić information content (AvgIpc) is 3.02. The number of aromatic nitrogens is 4. The van der Waals surface area contributed by atoms with Gasteiger partial charge in [-0.3, -0.25) is 4.68 Å². The third kappa shape index (κ3) is 3.37. The minimum absolute atomic E-state index is 0.0403. The van der Waals surface area contributed by atoms with Crippen LogP contribution < -0.4 is 4.72 Å². The second-order valence-electron chi connectivity index (χ2n) is 5.44. The molecule has 132 valence electrons. The van der Waals surface area contributed by atoms with Crippen LogP contribution in [0.2, 0.25) is 5.15 Å². The van der Waals surface area contributed by atoms with E-state index in [0.717, 1.165) is 5.56 Å². The quantitative estimate of drug-likeness (QED) is 0.687. The molecule has 2 heterocycles. The number of benzene rings is 1. The monoisotopic (exact) mass is 388 g/mol. The van der Waals surface area contributed by atoms with Crippen molar-refractivity contribution in [3.8, 4) is 17.3 Å². The smallest absolute Gasteiger partial charge is 0.267 e. The fourth-order valence-electron chi connectivity index (χ4n) is 2.33. The first-order valence-corrected chi connectivity index (χ1v) is 9.23. The zero-order valence-electron chi connectivity index (χ0n) is 13.8. The van der Waals surface area contributed by atoms with Crippen LogP contribution in [0, 0.1) is 18.3 Å². The van der Waals surface area contributed by atoms with Crippen LogP contribution in [0.3, 0.4) is 0 Å². The maximum absolute atomic E-state index is 12.4. The zero-order chi connectivity index (χ0) is 18.9. The molecular formula is C16H13ClN6O2S. The molecule has 10 heteroatoms. The van der Waals surface area contributed by atoms with Gasteiger partial charge in [0.15, 0.2) is 5.15 Å². The lowest BCUT2D eigenvalue weighted by atomic mass is 10.0. The predicted octanol–water partition coefficient (Wildman–Crippen LogP) is 2.51. The van der Waals surface area contributed by atoms with Crippen molar-refractivity contribution in [2.75, 3.05) is 4.72 Å². The van der Waals surface area contributed by atoms with Gasteiger partial charge in [0.1, 0.15) is 16.5 Å². The second kappa shape index (κ2) is 6.74. The highest BCUT2D eigenvalue weighted by Crippen LogP contribution is 2.29. The topological polar surface area (TPSA) is 114 Å². The van der Waals surface area contributed by atoms with Crippen molar-refractivity contribution >= 4 is 27.6 Å². The van der Waals surface area contributed by atoms with Gasteiger partial charge in [-0.15, -0.1) is 0 Å². The lowest BCUT2D eigenvalue weighted by molar-refractivity contribution is 0.600. The fourth-order valence-corrected chi connectivity index (χ4v) is 3.47. The lowest BCUT2D eigenvalue weighted by Crippen LogP contribution is -2.15. The number of nitriles is 1. The summed E-state index contributed by atoms with van der Waals surface area (Å²) < 4.78 is 28.5. The van der Waals surface area contributed by atoms with Crippen molar-refractivity contribution < 1.29 is 8.42 Å². The van der Waals surface area contributed by atoms with E-state index in [1.807, 2.05) is 25.1 Å². The molecule has 3 rings (SSSR count). The van der Waals surface area contributed by atoms with Crippen molar-refractivity contribution in [2.24, 2.45) is 7.05 Å². The Bertz CT molecular complexity index is 1130. The van der Waals surface area contributed by atoms with Gasteiger partial charge in [-0.05, 0) is 12.5 Å². The van der Waals surface area contributed by atoms with E-state index in [0.29, 0.717) is 5.56 Å². The molecule has 0 spiro atoms. The summed E-state index contributed by atoms with van der Waals surface area (Å²) in [6, 6.07) is 9.23. The molecule has 26 heavy (non-hydrogen) atoms.